The zero-order chi connectivity index (χ0) is 14.7. The molecule has 0 fully saturated rings. The van der Waals surface area contributed by atoms with Crippen molar-refractivity contribution in [2.45, 2.75) is 25.8 Å². The molecule has 1 aromatic carbocycles. The first-order valence-corrected chi connectivity index (χ1v) is 7.06. The summed E-state index contributed by atoms with van der Waals surface area (Å²) in [4.78, 5) is 2.09. The first-order chi connectivity index (χ1) is 9.51. The second-order valence-corrected chi connectivity index (χ2v) is 5.40. The quantitative estimate of drug-likeness (QED) is 0.908. The number of aryl methyl sites for hydroxylation is 2. The Kier molecular flexibility index (Phi) is 4.45. The average molecular weight is 272 g/mol. The maximum absolute atomic E-state index is 6.32. The fourth-order valence-corrected chi connectivity index (χ4v) is 2.30. The number of benzene rings is 1. The van der Waals surface area contributed by atoms with E-state index in [-0.39, 0.29) is 6.04 Å². The van der Waals surface area contributed by atoms with Crippen LogP contribution in [0.5, 0.6) is 0 Å². The van der Waals surface area contributed by atoms with Crippen LogP contribution in [-0.4, -0.2) is 23.9 Å². The topological polar surface area (TPSA) is 47.1 Å². The van der Waals surface area contributed by atoms with Crippen molar-refractivity contribution in [3.63, 3.8) is 0 Å². The summed E-state index contributed by atoms with van der Waals surface area (Å²) in [6.07, 6.45) is 1.77. The molecule has 2 aromatic rings. The zero-order valence-electron chi connectivity index (χ0n) is 12.8. The Morgan fingerprint density at radius 1 is 1.25 bits per heavy atom. The molecular weight excluding hydrogens is 248 g/mol. The Hall–Kier alpha value is -1.81. The number of nitrogens with zero attached hydrogens (tertiary/aromatic N) is 3. The highest BCUT2D eigenvalue weighted by Crippen LogP contribution is 2.20. The third-order valence-electron chi connectivity index (χ3n) is 3.66. The summed E-state index contributed by atoms with van der Waals surface area (Å²) in [6, 6.07) is 10.6. The first-order valence-electron chi connectivity index (χ1n) is 7.06. The summed E-state index contributed by atoms with van der Waals surface area (Å²) in [5.41, 5.74) is 11.0. The highest BCUT2D eigenvalue weighted by atomic mass is 15.3. The molecule has 0 aliphatic heterocycles. The van der Waals surface area contributed by atoms with Gasteiger partial charge < -0.3 is 10.6 Å². The second kappa shape index (κ2) is 6.09. The number of hydrogen-bond acceptors (Lipinski definition) is 3. The van der Waals surface area contributed by atoms with E-state index in [2.05, 4.69) is 47.3 Å². The molecule has 20 heavy (non-hydrogen) atoms. The van der Waals surface area contributed by atoms with E-state index in [1.807, 2.05) is 25.8 Å². The van der Waals surface area contributed by atoms with Crippen molar-refractivity contribution in [2.24, 2.45) is 12.8 Å². The Morgan fingerprint density at radius 2 is 1.90 bits per heavy atom. The molecule has 1 atom stereocenters. The molecule has 0 aliphatic carbocycles. The summed E-state index contributed by atoms with van der Waals surface area (Å²) < 4.78 is 1.94. The van der Waals surface area contributed by atoms with Crippen molar-refractivity contribution in [1.29, 1.82) is 0 Å². The van der Waals surface area contributed by atoms with E-state index in [1.54, 1.807) is 0 Å². The van der Waals surface area contributed by atoms with Crippen LogP contribution in [-0.2, 0) is 19.9 Å². The minimum atomic E-state index is 0.00585. The Balaban J connectivity index is 2.10. The Labute approximate surface area is 121 Å². The molecule has 0 saturated heterocycles. The molecule has 1 aromatic heterocycles. The van der Waals surface area contributed by atoms with Crippen LogP contribution >= 0.6 is 0 Å². The minimum absolute atomic E-state index is 0.00585. The van der Waals surface area contributed by atoms with Gasteiger partial charge in [0, 0.05) is 45.0 Å². The van der Waals surface area contributed by atoms with Gasteiger partial charge in [-0.05, 0) is 30.2 Å². The summed E-state index contributed by atoms with van der Waals surface area (Å²) in [7, 11) is 6.06. The SMILES string of the molecule is CCc1cc(CC(N)c2ccc(N(C)C)cc2)n(C)n1. The molecule has 1 unspecified atom stereocenters. The summed E-state index contributed by atoms with van der Waals surface area (Å²) in [6.45, 7) is 2.12. The van der Waals surface area contributed by atoms with Gasteiger partial charge in [0.2, 0.25) is 0 Å². The fraction of sp³-hybridized carbons (Fsp3) is 0.438. The molecule has 4 heteroatoms. The van der Waals surface area contributed by atoms with Gasteiger partial charge in [0.05, 0.1) is 5.69 Å². The maximum Gasteiger partial charge on any atom is 0.0624 e. The van der Waals surface area contributed by atoms with Gasteiger partial charge in [-0.25, -0.2) is 0 Å². The van der Waals surface area contributed by atoms with Crippen LogP contribution in [0.2, 0.25) is 0 Å². The average Bonchev–Trinajstić information content (AvgIpc) is 2.79. The number of rotatable bonds is 5. The van der Waals surface area contributed by atoms with Gasteiger partial charge in [0.1, 0.15) is 0 Å². The van der Waals surface area contributed by atoms with Crippen LogP contribution in [0.1, 0.15) is 29.9 Å². The van der Waals surface area contributed by atoms with Gasteiger partial charge in [-0.1, -0.05) is 19.1 Å². The predicted molar refractivity (Wildman–Crippen MR) is 84.0 cm³/mol. The van der Waals surface area contributed by atoms with Gasteiger partial charge in [-0.3, -0.25) is 4.68 Å². The van der Waals surface area contributed by atoms with Crippen molar-refractivity contribution in [3.05, 3.63) is 47.3 Å². The van der Waals surface area contributed by atoms with Crippen LogP contribution in [0.4, 0.5) is 5.69 Å². The molecule has 0 radical (unpaired) electrons. The molecule has 2 rings (SSSR count). The number of nitrogens with two attached hydrogens (primary N) is 1. The standard InChI is InChI=1S/C16H24N4/c1-5-13-10-15(20(4)18-13)11-16(17)12-6-8-14(9-7-12)19(2)3/h6-10,16H,5,11,17H2,1-4H3. The Bertz CT molecular complexity index is 554. The summed E-state index contributed by atoms with van der Waals surface area (Å²) in [5, 5.41) is 4.47. The third-order valence-corrected chi connectivity index (χ3v) is 3.66. The van der Waals surface area contributed by atoms with E-state index >= 15 is 0 Å². The molecule has 0 bridgehead atoms. The van der Waals surface area contributed by atoms with Gasteiger partial charge in [-0.2, -0.15) is 5.10 Å². The van der Waals surface area contributed by atoms with E-state index in [1.165, 1.54) is 11.4 Å². The van der Waals surface area contributed by atoms with E-state index < -0.39 is 0 Å². The van der Waals surface area contributed by atoms with Crippen LogP contribution in [0, 0.1) is 0 Å². The highest BCUT2D eigenvalue weighted by Gasteiger charge is 2.11. The van der Waals surface area contributed by atoms with Crippen molar-refractivity contribution in [3.8, 4) is 0 Å². The van der Waals surface area contributed by atoms with Crippen molar-refractivity contribution in [1.82, 2.24) is 9.78 Å². The van der Waals surface area contributed by atoms with Crippen molar-refractivity contribution in [2.75, 3.05) is 19.0 Å². The van der Waals surface area contributed by atoms with Crippen molar-refractivity contribution >= 4 is 5.69 Å². The lowest BCUT2D eigenvalue weighted by molar-refractivity contribution is 0.638. The van der Waals surface area contributed by atoms with Crippen molar-refractivity contribution < 1.29 is 0 Å². The zero-order valence-corrected chi connectivity index (χ0v) is 12.8. The monoisotopic (exact) mass is 272 g/mol. The lowest BCUT2D eigenvalue weighted by Crippen LogP contribution is -2.16. The van der Waals surface area contributed by atoms with Gasteiger partial charge in [0.15, 0.2) is 0 Å². The van der Waals surface area contributed by atoms with Gasteiger partial charge in [-0.15, -0.1) is 0 Å². The number of aromatic nitrogens is 2. The molecule has 0 amide bonds. The lowest BCUT2D eigenvalue weighted by atomic mass is 10.0. The lowest BCUT2D eigenvalue weighted by Gasteiger charge is -2.16. The second-order valence-electron chi connectivity index (χ2n) is 5.40. The van der Waals surface area contributed by atoms with E-state index in [9.17, 15) is 0 Å². The van der Waals surface area contributed by atoms with Crippen LogP contribution in [0.25, 0.3) is 0 Å². The molecular formula is C16H24N4. The largest absolute Gasteiger partial charge is 0.378 e. The smallest absolute Gasteiger partial charge is 0.0624 e. The number of anilines is 1. The van der Waals surface area contributed by atoms with Crippen LogP contribution in [0.15, 0.2) is 30.3 Å². The fourth-order valence-electron chi connectivity index (χ4n) is 2.30. The Morgan fingerprint density at radius 3 is 2.40 bits per heavy atom. The van der Waals surface area contributed by atoms with Crippen LogP contribution < -0.4 is 10.6 Å². The highest BCUT2D eigenvalue weighted by molar-refractivity contribution is 5.46. The van der Waals surface area contributed by atoms with Gasteiger partial charge >= 0.3 is 0 Å². The summed E-state index contributed by atoms with van der Waals surface area (Å²) >= 11 is 0. The molecule has 0 spiro atoms. The third kappa shape index (κ3) is 3.20. The van der Waals surface area contributed by atoms with Gasteiger partial charge in [0.25, 0.3) is 0 Å². The first kappa shape index (κ1) is 14.6. The molecule has 1 heterocycles. The molecule has 4 nitrogen and oxygen atoms in total. The molecule has 0 saturated carbocycles. The molecule has 108 valence electrons. The van der Waals surface area contributed by atoms with Crippen LogP contribution in [0.3, 0.4) is 0 Å². The predicted octanol–water partition coefficient (Wildman–Crippen LogP) is 2.29. The van der Waals surface area contributed by atoms with E-state index in [4.69, 9.17) is 5.73 Å². The molecule has 2 N–H and O–H groups in total. The number of hydrogen-bond donors (Lipinski definition) is 1. The normalized spacial score (nSPS) is 12.4. The maximum atomic E-state index is 6.32. The summed E-state index contributed by atoms with van der Waals surface area (Å²) in [5.74, 6) is 0. The minimum Gasteiger partial charge on any atom is -0.378 e. The van der Waals surface area contributed by atoms with E-state index in [0.717, 1.165) is 24.1 Å². The van der Waals surface area contributed by atoms with E-state index in [0.29, 0.717) is 0 Å². The molecule has 0 aliphatic rings.